The van der Waals surface area contributed by atoms with E-state index in [9.17, 15) is 10.1 Å². The lowest BCUT2D eigenvalue weighted by Gasteiger charge is -2.30. The molecule has 2 fully saturated rings. The zero-order valence-electron chi connectivity index (χ0n) is 23.5. The Bertz CT molecular complexity index is 1610. The van der Waals surface area contributed by atoms with Crippen LogP contribution in [0.25, 0.3) is 27.8 Å². The summed E-state index contributed by atoms with van der Waals surface area (Å²) in [6.07, 6.45) is 10.7. The fourth-order valence-corrected chi connectivity index (χ4v) is 6.37. The van der Waals surface area contributed by atoms with E-state index in [1.54, 1.807) is 15.4 Å². The van der Waals surface area contributed by atoms with E-state index in [1.165, 1.54) is 0 Å². The Kier molecular flexibility index (Phi) is 6.06. The van der Waals surface area contributed by atoms with Crippen LogP contribution in [0.4, 0.5) is 10.6 Å². The number of fused-ring (bicyclic) bond motifs is 2. The number of aryl methyl sites for hydroxylation is 1. The summed E-state index contributed by atoms with van der Waals surface area (Å²) in [5, 5.41) is 21.6. The van der Waals surface area contributed by atoms with Crippen molar-refractivity contribution in [2.45, 2.75) is 51.7 Å². The second kappa shape index (κ2) is 9.37. The lowest BCUT2D eigenvalue weighted by Crippen LogP contribution is -2.47. The Morgan fingerprint density at radius 3 is 2.42 bits per heavy atom. The first-order valence-electron chi connectivity index (χ1n) is 13.6. The van der Waals surface area contributed by atoms with E-state index in [1.807, 2.05) is 52.6 Å². The Morgan fingerprint density at radius 1 is 1.07 bits per heavy atom. The van der Waals surface area contributed by atoms with Crippen molar-refractivity contribution in [3.8, 4) is 28.3 Å². The zero-order chi connectivity index (χ0) is 28.2. The van der Waals surface area contributed by atoms with Gasteiger partial charge in [-0.2, -0.15) is 15.5 Å². The first-order chi connectivity index (χ1) is 19.0. The monoisotopic (exact) mass is 538 g/mol. The minimum absolute atomic E-state index is 0.255. The maximum Gasteiger partial charge on any atom is 0.408 e. The van der Waals surface area contributed by atoms with Crippen molar-refractivity contribution >= 4 is 17.4 Å². The van der Waals surface area contributed by atoms with Gasteiger partial charge in [-0.1, -0.05) is 0 Å². The molecule has 0 spiro atoms. The fraction of sp³-hybridized carbons (Fsp3) is 0.433. The lowest BCUT2D eigenvalue weighted by molar-refractivity contribution is 0.0462. The van der Waals surface area contributed by atoms with Crippen LogP contribution in [0.2, 0.25) is 0 Å². The third kappa shape index (κ3) is 4.88. The average molecular weight is 539 g/mol. The molecule has 206 valence electrons. The quantitative estimate of drug-likeness (QED) is 0.397. The fourth-order valence-electron chi connectivity index (χ4n) is 6.37. The van der Waals surface area contributed by atoms with Crippen LogP contribution in [0, 0.1) is 23.2 Å². The number of nitrogens with one attached hydrogen (secondary N) is 1. The van der Waals surface area contributed by atoms with Gasteiger partial charge in [-0.05, 0) is 70.6 Å². The second-order valence-corrected chi connectivity index (χ2v) is 12.4. The highest BCUT2D eigenvalue weighted by Gasteiger charge is 2.48. The predicted octanol–water partition coefficient (Wildman–Crippen LogP) is 4.80. The number of nitrogens with zero attached hydrogens (tertiary/aromatic N) is 7. The molecule has 6 rings (SSSR count). The van der Waals surface area contributed by atoms with Crippen molar-refractivity contribution in [3.63, 3.8) is 0 Å². The molecular formula is C30H34N8O2. The number of pyridine rings is 2. The Hall–Kier alpha value is -4.39. The predicted molar refractivity (Wildman–Crippen MR) is 152 cm³/mol. The van der Waals surface area contributed by atoms with Gasteiger partial charge in [-0.15, -0.1) is 0 Å². The smallest absolute Gasteiger partial charge is 0.408 e. The molecule has 1 saturated carbocycles. The van der Waals surface area contributed by atoms with Crippen molar-refractivity contribution in [3.05, 3.63) is 54.7 Å². The number of aromatic nitrogens is 5. The van der Waals surface area contributed by atoms with Crippen LogP contribution in [0.1, 0.15) is 46.1 Å². The summed E-state index contributed by atoms with van der Waals surface area (Å²) in [5.74, 6) is 1.91. The molecule has 1 unspecified atom stereocenters. The molecular weight excluding hydrogens is 504 g/mol. The van der Waals surface area contributed by atoms with Crippen LogP contribution in [0.3, 0.4) is 0 Å². The van der Waals surface area contributed by atoms with E-state index >= 15 is 0 Å². The van der Waals surface area contributed by atoms with Gasteiger partial charge < -0.3 is 15.0 Å². The van der Waals surface area contributed by atoms with Gasteiger partial charge in [-0.3, -0.25) is 4.68 Å². The molecule has 0 radical (unpaired) electrons. The van der Waals surface area contributed by atoms with E-state index < -0.39 is 5.60 Å². The summed E-state index contributed by atoms with van der Waals surface area (Å²) in [6, 6.07) is 8.47. The normalized spacial score (nSPS) is 22.4. The van der Waals surface area contributed by atoms with Crippen LogP contribution in [0.5, 0.6) is 0 Å². The molecule has 0 aromatic carbocycles. The molecule has 4 aromatic heterocycles. The molecule has 4 aromatic rings. The molecule has 10 heteroatoms. The number of ether oxygens (including phenoxy) is 1. The number of anilines is 1. The van der Waals surface area contributed by atoms with Gasteiger partial charge in [0, 0.05) is 66.5 Å². The molecule has 1 aliphatic heterocycles. The molecule has 1 saturated heterocycles. The standard InChI is InChI=1S/C30H34N8O2/c1-29(2,3)40-28(39)35-30(4)9-21-16-37(17-22(21)10-30)26-7-6-19(12-32-26)25-8-20(24-14-33-36(5)15-24)18-38-27(25)23(11-31)13-34-38/h6-8,12-15,18,21-22H,9-10,16-17H2,1-5H3,(H,35,39)/t21-,22+,30?. The van der Waals surface area contributed by atoms with Gasteiger partial charge in [0.15, 0.2) is 0 Å². The van der Waals surface area contributed by atoms with Crippen LogP contribution >= 0.6 is 0 Å². The van der Waals surface area contributed by atoms with E-state index in [0.717, 1.165) is 59.5 Å². The van der Waals surface area contributed by atoms with Gasteiger partial charge in [0.05, 0.1) is 23.5 Å². The first-order valence-corrected chi connectivity index (χ1v) is 13.6. The molecule has 1 amide bonds. The Balaban J connectivity index is 1.21. The molecule has 1 N–H and O–H groups in total. The first kappa shape index (κ1) is 25.9. The third-order valence-corrected chi connectivity index (χ3v) is 7.96. The van der Waals surface area contributed by atoms with Crippen molar-refractivity contribution in [2.24, 2.45) is 18.9 Å². The van der Waals surface area contributed by atoms with E-state index in [4.69, 9.17) is 9.72 Å². The Labute approximate surface area is 233 Å². The van der Waals surface area contributed by atoms with Crippen molar-refractivity contribution in [1.82, 2.24) is 29.7 Å². The topological polar surface area (TPSA) is 113 Å². The molecule has 2 aliphatic rings. The highest BCUT2D eigenvalue weighted by atomic mass is 16.6. The number of carbonyl (C=O) groups is 1. The van der Waals surface area contributed by atoms with E-state index in [-0.39, 0.29) is 11.6 Å². The summed E-state index contributed by atoms with van der Waals surface area (Å²) in [6.45, 7) is 9.58. The summed E-state index contributed by atoms with van der Waals surface area (Å²) in [4.78, 5) is 19.6. The largest absolute Gasteiger partial charge is 0.444 e. The molecule has 10 nitrogen and oxygen atoms in total. The molecule has 5 heterocycles. The number of amides is 1. The summed E-state index contributed by atoms with van der Waals surface area (Å²) in [5.41, 5.74) is 4.27. The zero-order valence-corrected chi connectivity index (χ0v) is 23.5. The minimum atomic E-state index is -0.510. The number of alkyl carbamates (subject to hydrolysis) is 1. The maximum absolute atomic E-state index is 12.4. The van der Waals surface area contributed by atoms with Crippen LogP contribution in [-0.2, 0) is 11.8 Å². The van der Waals surface area contributed by atoms with Gasteiger partial charge in [0.1, 0.15) is 17.5 Å². The highest BCUT2D eigenvalue weighted by Crippen LogP contribution is 2.45. The van der Waals surface area contributed by atoms with Gasteiger partial charge >= 0.3 is 6.09 Å². The van der Waals surface area contributed by atoms with Crippen molar-refractivity contribution < 1.29 is 9.53 Å². The lowest BCUT2D eigenvalue weighted by atomic mass is 9.98. The van der Waals surface area contributed by atoms with Gasteiger partial charge in [0.25, 0.3) is 0 Å². The van der Waals surface area contributed by atoms with Gasteiger partial charge in [-0.25, -0.2) is 14.3 Å². The molecule has 40 heavy (non-hydrogen) atoms. The van der Waals surface area contributed by atoms with Crippen molar-refractivity contribution in [1.29, 1.82) is 5.26 Å². The van der Waals surface area contributed by atoms with E-state index in [2.05, 4.69) is 51.6 Å². The molecule has 0 bridgehead atoms. The maximum atomic E-state index is 12.4. The van der Waals surface area contributed by atoms with Gasteiger partial charge in [0.2, 0.25) is 0 Å². The van der Waals surface area contributed by atoms with E-state index in [0.29, 0.717) is 17.4 Å². The number of carbonyl (C=O) groups excluding carboxylic acids is 1. The highest BCUT2D eigenvalue weighted by molar-refractivity contribution is 5.87. The van der Waals surface area contributed by atoms with Crippen LogP contribution in [-0.4, -0.2) is 54.7 Å². The summed E-state index contributed by atoms with van der Waals surface area (Å²) < 4.78 is 9.02. The van der Waals surface area contributed by atoms with Crippen molar-refractivity contribution in [2.75, 3.05) is 18.0 Å². The summed E-state index contributed by atoms with van der Waals surface area (Å²) >= 11 is 0. The minimum Gasteiger partial charge on any atom is -0.444 e. The number of nitriles is 1. The van der Waals surface area contributed by atoms with Crippen LogP contribution in [0.15, 0.2) is 49.2 Å². The summed E-state index contributed by atoms with van der Waals surface area (Å²) in [7, 11) is 1.89. The van der Waals surface area contributed by atoms with Crippen LogP contribution < -0.4 is 10.2 Å². The molecule has 1 aliphatic carbocycles. The molecule has 3 atom stereocenters. The third-order valence-electron chi connectivity index (χ3n) is 7.96. The second-order valence-electron chi connectivity index (χ2n) is 12.4. The Morgan fingerprint density at radius 2 is 1.82 bits per heavy atom. The number of hydrogen-bond acceptors (Lipinski definition) is 7. The SMILES string of the molecule is Cn1cc(-c2cc(-c3ccc(N4C[C@@H]5CC(C)(NC(=O)OC(C)(C)C)C[C@@H]5C4)nc3)c3c(C#N)cnn3c2)cn1. The average Bonchev–Trinajstić information content (AvgIpc) is 3.64. The number of rotatable bonds is 4. The number of hydrogen-bond donors (Lipinski definition) is 1.